The van der Waals surface area contributed by atoms with Gasteiger partial charge in [0.05, 0.1) is 5.56 Å². The van der Waals surface area contributed by atoms with Crippen LogP contribution in [0.25, 0.3) is 0 Å². The van der Waals surface area contributed by atoms with E-state index in [-0.39, 0.29) is 11.7 Å². The number of anilines is 1. The van der Waals surface area contributed by atoms with Gasteiger partial charge < -0.3 is 5.32 Å². The molecule has 1 N–H and O–H groups in total. The summed E-state index contributed by atoms with van der Waals surface area (Å²) in [5.41, 5.74) is -0.573. The Morgan fingerprint density at radius 3 is 2.47 bits per heavy atom. The first-order valence-electron chi connectivity index (χ1n) is 4.50. The van der Waals surface area contributed by atoms with Crippen LogP contribution in [0.2, 0.25) is 0 Å². The summed E-state index contributed by atoms with van der Waals surface area (Å²) in [5.74, 6) is 0. The lowest BCUT2D eigenvalue weighted by Crippen LogP contribution is -2.16. The first kappa shape index (κ1) is 11.6. The van der Waals surface area contributed by atoms with Gasteiger partial charge in [-0.1, -0.05) is 18.2 Å². The summed E-state index contributed by atoms with van der Waals surface area (Å²) in [4.78, 5) is 0. The molecule has 0 saturated heterocycles. The molecule has 82 valence electrons. The summed E-state index contributed by atoms with van der Waals surface area (Å²) in [6, 6.07) is 5.19. The Bertz CT molecular complexity index is 344. The van der Waals surface area contributed by atoms with Crippen molar-refractivity contribution in [2.24, 2.45) is 0 Å². The van der Waals surface area contributed by atoms with E-state index in [0.29, 0.717) is 0 Å². The highest BCUT2D eigenvalue weighted by Crippen LogP contribution is 2.34. The zero-order valence-corrected chi connectivity index (χ0v) is 8.31. The van der Waals surface area contributed by atoms with Gasteiger partial charge in [-0.3, -0.25) is 0 Å². The maximum Gasteiger partial charge on any atom is 0.418 e. The van der Waals surface area contributed by atoms with Crippen molar-refractivity contribution >= 4 is 5.69 Å². The lowest BCUT2D eigenvalue weighted by Gasteiger charge is -2.16. The minimum atomic E-state index is -4.33. The molecular formula is C11H12F3N. The van der Waals surface area contributed by atoms with Crippen LogP contribution in [0.5, 0.6) is 0 Å². The second-order valence-corrected chi connectivity index (χ2v) is 3.21. The van der Waals surface area contributed by atoms with Gasteiger partial charge in [0.1, 0.15) is 0 Å². The molecule has 1 aromatic carbocycles. The van der Waals surface area contributed by atoms with Gasteiger partial charge in [-0.25, -0.2) is 0 Å². The minimum Gasteiger partial charge on any atom is -0.379 e. The third-order valence-corrected chi connectivity index (χ3v) is 1.97. The van der Waals surface area contributed by atoms with Gasteiger partial charge in [-0.05, 0) is 19.1 Å². The number of hydrogen-bond acceptors (Lipinski definition) is 1. The summed E-state index contributed by atoms with van der Waals surface area (Å²) in [5, 5.41) is 2.73. The highest BCUT2D eigenvalue weighted by molar-refractivity contribution is 5.53. The molecule has 0 aliphatic carbocycles. The van der Waals surface area contributed by atoms with Crippen molar-refractivity contribution in [1.29, 1.82) is 0 Å². The van der Waals surface area contributed by atoms with Gasteiger partial charge in [0, 0.05) is 11.7 Å². The van der Waals surface area contributed by atoms with E-state index in [1.54, 1.807) is 19.1 Å². The smallest absolute Gasteiger partial charge is 0.379 e. The van der Waals surface area contributed by atoms with Gasteiger partial charge in [0.15, 0.2) is 0 Å². The third kappa shape index (κ3) is 3.01. The molecule has 1 aromatic rings. The predicted molar refractivity (Wildman–Crippen MR) is 54.7 cm³/mol. The molecule has 0 bridgehead atoms. The maximum absolute atomic E-state index is 12.5. The first-order valence-corrected chi connectivity index (χ1v) is 4.50. The molecule has 1 atom stereocenters. The van der Waals surface area contributed by atoms with Gasteiger partial charge in [0.2, 0.25) is 0 Å². The number of alkyl halides is 3. The van der Waals surface area contributed by atoms with Crippen molar-refractivity contribution in [2.45, 2.75) is 19.1 Å². The summed E-state index contributed by atoms with van der Waals surface area (Å²) in [7, 11) is 0. The molecule has 0 fully saturated rings. The lowest BCUT2D eigenvalue weighted by molar-refractivity contribution is -0.136. The molecule has 0 saturated carbocycles. The van der Waals surface area contributed by atoms with Crippen LogP contribution < -0.4 is 5.32 Å². The number of rotatable bonds is 3. The van der Waals surface area contributed by atoms with Crippen LogP contribution in [0.1, 0.15) is 12.5 Å². The van der Waals surface area contributed by atoms with Gasteiger partial charge in [-0.15, -0.1) is 6.58 Å². The van der Waals surface area contributed by atoms with E-state index in [1.807, 2.05) is 0 Å². The van der Waals surface area contributed by atoms with Crippen molar-refractivity contribution in [2.75, 3.05) is 5.32 Å². The number of hydrogen-bond donors (Lipinski definition) is 1. The van der Waals surface area contributed by atoms with Gasteiger partial charge in [-0.2, -0.15) is 13.2 Å². The molecule has 15 heavy (non-hydrogen) atoms. The van der Waals surface area contributed by atoms with Crippen LogP contribution in [-0.4, -0.2) is 6.04 Å². The third-order valence-electron chi connectivity index (χ3n) is 1.97. The summed E-state index contributed by atoms with van der Waals surface area (Å²) in [6.45, 7) is 5.24. The van der Waals surface area contributed by atoms with Crippen LogP contribution in [-0.2, 0) is 6.18 Å². The Balaban J connectivity index is 3.02. The second kappa shape index (κ2) is 4.38. The van der Waals surface area contributed by atoms with Crippen LogP contribution in [0, 0.1) is 0 Å². The molecule has 0 aromatic heterocycles. The van der Waals surface area contributed by atoms with E-state index in [1.165, 1.54) is 12.1 Å². The summed E-state index contributed by atoms with van der Waals surface area (Å²) >= 11 is 0. The Morgan fingerprint density at radius 1 is 1.33 bits per heavy atom. The fourth-order valence-electron chi connectivity index (χ4n) is 1.16. The van der Waals surface area contributed by atoms with E-state index in [0.717, 1.165) is 6.07 Å². The molecule has 1 nitrogen and oxygen atoms in total. The Labute approximate surface area is 86.6 Å². The molecule has 0 heterocycles. The first-order chi connectivity index (χ1) is 6.95. The number of nitrogens with one attached hydrogen (secondary N) is 1. The quantitative estimate of drug-likeness (QED) is 0.758. The van der Waals surface area contributed by atoms with Gasteiger partial charge in [0.25, 0.3) is 0 Å². The monoisotopic (exact) mass is 215 g/mol. The fraction of sp³-hybridized carbons (Fsp3) is 0.273. The highest BCUT2D eigenvalue weighted by atomic mass is 19.4. The Kier molecular flexibility index (Phi) is 3.39. The highest BCUT2D eigenvalue weighted by Gasteiger charge is 2.33. The molecule has 0 aliphatic rings. The largest absolute Gasteiger partial charge is 0.418 e. The van der Waals surface area contributed by atoms with Crippen LogP contribution in [0.4, 0.5) is 18.9 Å². The Hall–Kier alpha value is -1.45. The maximum atomic E-state index is 12.5. The lowest BCUT2D eigenvalue weighted by atomic mass is 10.1. The van der Waals surface area contributed by atoms with Crippen LogP contribution in [0.15, 0.2) is 36.9 Å². The van der Waals surface area contributed by atoms with E-state index < -0.39 is 11.7 Å². The van der Waals surface area contributed by atoms with Crippen molar-refractivity contribution in [3.8, 4) is 0 Å². The van der Waals surface area contributed by atoms with Crippen molar-refractivity contribution in [3.63, 3.8) is 0 Å². The average molecular weight is 215 g/mol. The molecule has 4 heteroatoms. The van der Waals surface area contributed by atoms with E-state index in [9.17, 15) is 13.2 Å². The van der Waals surface area contributed by atoms with Gasteiger partial charge >= 0.3 is 6.18 Å². The van der Waals surface area contributed by atoms with E-state index in [4.69, 9.17) is 0 Å². The fourth-order valence-corrected chi connectivity index (χ4v) is 1.16. The molecule has 1 unspecified atom stereocenters. The molecule has 1 rings (SSSR count). The van der Waals surface area contributed by atoms with Crippen LogP contribution in [0.3, 0.4) is 0 Å². The zero-order valence-electron chi connectivity index (χ0n) is 8.31. The average Bonchev–Trinajstić information content (AvgIpc) is 2.17. The summed E-state index contributed by atoms with van der Waals surface area (Å²) < 4.78 is 37.6. The van der Waals surface area contributed by atoms with E-state index >= 15 is 0 Å². The topological polar surface area (TPSA) is 12.0 Å². The number of para-hydroxylation sites is 1. The normalized spacial score (nSPS) is 13.3. The second-order valence-electron chi connectivity index (χ2n) is 3.21. The number of halogens is 3. The standard InChI is InChI=1S/C11H12F3N/c1-3-8(2)15-10-7-5-4-6-9(10)11(12,13)14/h3-8,15H,1H2,2H3. The van der Waals surface area contributed by atoms with Crippen molar-refractivity contribution in [3.05, 3.63) is 42.5 Å². The molecule has 0 aliphatic heterocycles. The number of benzene rings is 1. The van der Waals surface area contributed by atoms with Crippen molar-refractivity contribution in [1.82, 2.24) is 0 Å². The minimum absolute atomic E-state index is 0.0809. The molecular weight excluding hydrogens is 203 g/mol. The van der Waals surface area contributed by atoms with Crippen LogP contribution >= 0.6 is 0 Å². The predicted octanol–water partition coefficient (Wildman–Crippen LogP) is 3.69. The molecule has 0 spiro atoms. The SMILES string of the molecule is C=CC(C)Nc1ccccc1C(F)(F)F. The summed E-state index contributed by atoms with van der Waals surface area (Å²) in [6.07, 6.45) is -2.78. The van der Waals surface area contributed by atoms with Crippen molar-refractivity contribution < 1.29 is 13.2 Å². The molecule has 0 radical (unpaired) electrons. The Morgan fingerprint density at radius 2 is 1.93 bits per heavy atom. The zero-order chi connectivity index (χ0) is 11.5. The molecule has 0 amide bonds. The van der Waals surface area contributed by atoms with E-state index in [2.05, 4.69) is 11.9 Å².